The second-order valence-electron chi connectivity index (χ2n) is 4.77. The summed E-state index contributed by atoms with van der Waals surface area (Å²) >= 11 is 5.54. The molecule has 8 heteroatoms. The first kappa shape index (κ1) is 17.8. The minimum absolute atomic E-state index is 0.00767. The molecule has 124 valence electrons. The van der Waals surface area contributed by atoms with Crippen molar-refractivity contribution in [2.24, 2.45) is 0 Å². The van der Waals surface area contributed by atoms with Gasteiger partial charge in [-0.15, -0.1) is 0 Å². The average molecular weight is 364 g/mol. The zero-order chi connectivity index (χ0) is 17.1. The highest BCUT2D eigenvalue weighted by atomic mass is 35.5. The molecule has 0 amide bonds. The van der Waals surface area contributed by atoms with Gasteiger partial charge in [-0.1, -0.05) is 41.9 Å². The maximum absolute atomic E-state index is 13.0. The third kappa shape index (κ3) is 4.70. The van der Waals surface area contributed by atoms with E-state index >= 15 is 0 Å². The Hall–Kier alpha value is -1.57. The molecule has 2 aromatic rings. The van der Waals surface area contributed by atoms with Crippen molar-refractivity contribution in [1.29, 1.82) is 0 Å². The van der Waals surface area contributed by atoms with Crippen molar-refractivity contribution >= 4 is 21.6 Å². The molecule has 0 heterocycles. The molecule has 2 aromatic carbocycles. The Morgan fingerprint density at radius 2 is 1.70 bits per heavy atom. The molecule has 0 aromatic heterocycles. The van der Waals surface area contributed by atoms with Gasteiger partial charge < -0.3 is 0 Å². The van der Waals surface area contributed by atoms with Crippen LogP contribution in [0.25, 0.3) is 0 Å². The quantitative estimate of drug-likeness (QED) is 0.876. The smallest absolute Gasteiger partial charge is 0.211 e. The van der Waals surface area contributed by atoms with Gasteiger partial charge in [-0.25, -0.2) is 13.1 Å². The van der Waals surface area contributed by atoms with Crippen molar-refractivity contribution in [2.45, 2.75) is 17.5 Å². The van der Waals surface area contributed by atoms with Crippen LogP contribution in [-0.4, -0.2) is 15.0 Å². The van der Waals surface area contributed by atoms with Crippen molar-refractivity contribution in [1.82, 2.24) is 4.72 Å². The number of sulfonamides is 1. The zero-order valence-corrected chi connectivity index (χ0v) is 13.3. The monoisotopic (exact) mass is 363 g/mol. The Kier molecular flexibility index (Phi) is 5.33. The summed E-state index contributed by atoms with van der Waals surface area (Å²) in [6, 6.07) is 11.6. The number of hydrogen-bond donors (Lipinski definition) is 1. The van der Waals surface area contributed by atoms with Crippen LogP contribution < -0.4 is 4.72 Å². The molecule has 0 fully saturated rings. The lowest BCUT2D eigenvalue weighted by Gasteiger charge is -2.14. The van der Waals surface area contributed by atoms with Crippen LogP contribution in [0.15, 0.2) is 53.4 Å². The molecule has 2 rings (SSSR count). The predicted molar refractivity (Wildman–Crippen MR) is 81.8 cm³/mol. The van der Waals surface area contributed by atoms with Crippen LogP contribution >= 0.6 is 11.6 Å². The number of rotatable bonds is 5. The molecule has 0 unspecified atom stereocenters. The summed E-state index contributed by atoms with van der Waals surface area (Å²) in [7, 11) is -4.29. The molecular weight excluding hydrogens is 351 g/mol. The molecule has 0 radical (unpaired) electrons. The highest BCUT2D eigenvalue weighted by Crippen LogP contribution is 2.35. The van der Waals surface area contributed by atoms with E-state index in [9.17, 15) is 21.6 Å². The van der Waals surface area contributed by atoms with Gasteiger partial charge in [0.15, 0.2) is 0 Å². The Labute approximate surface area is 137 Å². The minimum Gasteiger partial charge on any atom is -0.211 e. The van der Waals surface area contributed by atoms with E-state index in [-0.39, 0.29) is 11.6 Å². The Morgan fingerprint density at radius 1 is 1.04 bits per heavy atom. The van der Waals surface area contributed by atoms with Crippen LogP contribution in [0.5, 0.6) is 0 Å². The molecule has 1 N–H and O–H groups in total. The molecule has 0 saturated heterocycles. The zero-order valence-electron chi connectivity index (χ0n) is 11.8. The molecule has 3 nitrogen and oxygen atoms in total. The van der Waals surface area contributed by atoms with Gasteiger partial charge in [-0.3, -0.25) is 0 Å². The molecule has 0 atom stereocenters. The number of halogens is 4. The summed E-state index contributed by atoms with van der Waals surface area (Å²) in [4.78, 5) is -0.831. The summed E-state index contributed by atoms with van der Waals surface area (Å²) in [5.41, 5.74) is -0.403. The van der Waals surface area contributed by atoms with Crippen molar-refractivity contribution in [3.63, 3.8) is 0 Å². The fourth-order valence-electron chi connectivity index (χ4n) is 2.01. The minimum atomic E-state index is -4.81. The van der Waals surface area contributed by atoms with Gasteiger partial charge in [0.05, 0.1) is 10.5 Å². The number of benzene rings is 2. The summed E-state index contributed by atoms with van der Waals surface area (Å²) in [6.07, 6.45) is -4.44. The Morgan fingerprint density at radius 3 is 2.30 bits per heavy atom. The average Bonchev–Trinajstić information content (AvgIpc) is 2.47. The Bertz CT molecular complexity index is 777. The lowest BCUT2D eigenvalue weighted by Crippen LogP contribution is -2.28. The lowest BCUT2D eigenvalue weighted by atomic mass is 10.2. The molecular formula is C15H13ClF3NO2S. The molecule has 0 bridgehead atoms. The van der Waals surface area contributed by atoms with E-state index in [2.05, 4.69) is 4.72 Å². The van der Waals surface area contributed by atoms with E-state index in [1.807, 2.05) is 6.07 Å². The summed E-state index contributed by atoms with van der Waals surface area (Å²) in [5.74, 6) is 0. The lowest BCUT2D eigenvalue weighted by molar-refractivity contribution is -0.139. The van der Waals surface area contributed by atoms with Crippen LogP contribution in [0.4, 0.5) is 13.2 Å². The SMILES string of the molecule is O=S(=O)(NCCc1ccccc1)c1ccc(Cl)cc1C(F)(F)F. The fraction of sp³-hybridized carbons (Fsp3) is 0.200. The molecule has 0 aliphatic rings. The highest BCUT2D eigenvalue weighted by molar-refractivity contribution is 7.89. The fourth-order valence-corrected chi connectivity index (χ4v) is 3.42. The van der Waals surface area contributed by atoms with Gasteiger partial charge in [0.25, 0.3) is 0 Å². The van der Waals surface area contributed by atoms with Crippen molar-refractivity contribution < 1.29 is 21.6 Å². The van der Waals surface area contributed by atoms with Crippen LogP contribution in [0.2, 0.25) is 5.02 Å². The van der Waals surface area contributed by atoms with Gasteiger partial charge >= 0.3 is 6.18 Å². The van der Waals surface area contributed by atoms with E-state index in [4.69, 9.17) is 11.6 Å². The van der Waals surface area contributed by atoms with E-state index in [0.29, 0.717) is 12.5 Å². The predicted octanol–water partition coefficient (Wildman–Crippen LogP) is 3.88. The van der Waals surface area contributed by atoms with Gasteiger partial charge in [-0.2, -0.15) is 13.2 Å². The number of nitrogens with one attached hydrogen (secondary N) is 1. The third-order valence-corrected chi connectivity index (χ3v) is 4.84. The maximum atomic E-state index is 13.0. The first-order chi connectivity index (χ1) is 10.7. The van der Waals surface area contributed by atoms with Crippen LogP contribution in [0.3, 0.4) is 0 Å². The van der Waals surface area contributed by atoms with Crippen molar-refractivity contribution in [3.8, 4) is 0 Å². The normalized spacial score (nSPS) is 12.3. The number of hydrogen-bond acceptors (Lipinski definition) is 2. The first-order valence-corrected chi connectivity index (χ1v) is 8.46. The number of alkyl halides is 3. The standard InChI is InChI=1S/C15H13ClF3NO2S/c16-12-6-7-14(13(10-12)15(17,18)19)23(21,22)20-9-8-11-4-2-1-3-5-11/h1-7,10,20H,8-9H2. The van der Waals surface area contributed by atoms with Gasteiger partial charge in [0, 0.05) is 11.6 Å². The maximum Gasteiger partial charge on any atom is 0.417 e. The van der Waals surface area contributed by atoms with Crippen molar-refractivity contribution in [3.05, 3.63) is 64.7 Å². The largest absolute Gasteiger partial charge is 0.417 e. The van der Waals surface area contributed by atoms with Crippen LogP contribution in [-0.2, 0) is 22.6 Å². The second kappa shape index (κ2) is 6.90. The summed E-state index contributed by atoms with van der Waals surface area (Å²) < 4.78 is 65.5. The molecule has 0 spiro atoms. The second-order valence-corrected chi connectivity index (χ2v) is 6.94. The van der Waals surface area contributed by atoms with Crippen LogP contribution in [0, 0.1) is 0 Å². The van der Waals surface area contributed by atoms with Crippen molar-refractivity contribution in [2.75, 3.05) is 6.54 Å². The first-order valence-electron chi connectivity index (χ1n) is 6.60. The van der Waals surface area contributed by atoms with Gasteiger partial charge in [0.1, 0.15) is 0 Å². The van der Waals surface area contributed by atoms with E-state index in [0.717, 1.165) is 17.7 Å². The highest BCUT2D eigenvalue weighted by Gasteiger charge is 2.37. The van der Waals surface area contributed by atoms with E-state index in [1.165, 1.54) is 0 Å². The molecule has 0 aliphatic heterocycles. The molecule has 0 saturated carbocycles. The van der Waals surface area contributed by atoms with Gasteiger partial charge in [0.2, 0.25) is 10.0 Å². The summed E-state index contributed by atoms with van der Waals surface area (Å²) in [6.45, 7) is -0.00767. The molecule has 0 aliphatic carbocycles. The van der Waals surface area contributed by atoms with Crippen LogP contribution in [0.1, 0.15) is 11.1 Å². The van der Waals surface area contributed by atoms with E-state index < -0.39 is 26.7 Å². The van der Waals surface area contributed by atoms with Gasteiger partial charge in [-0.05, 0) is 30.2 Å². The third-order valence-electron chi connectivity index (χ3n) is 3.09. The Balaban J connectivity index is 2.20. The van der Waals surface area contributed by atoms with E-state index in [1.54, 1.807) is 24.3 Å². The summed E-state index contributed by atoms with van der Waals surface area (Å²) in [5, 5.41) is -0.180. The topological polar surface area (TPSA) is 46.2 Å². The molecule has 23 heavy (non-hydrogen) atoms.